The number of benzene rings is 2. The van der Waals surface area contributed by atoms with E-state index in [0.717, 1.165) is 11.0 Å². The second kappa shape index (κ2) is 6.39. The summed E-state index contributed by atoms with van der Waals surface area (Å²) in [5.74, 6) is 0.384. The summed E-state index contributed by atoms with van der Waals surface area (Å²) < 4.78 is 5.83. The number of furan rings is 1. The number of hydrogen-bond donors (Lipinski definition) is 0. The van der Waals surface area contributed by atoms with Crippen molar-refractivity contribution in [1.29, 1.82) is 0 Å². The number of nitro benzene ring substituents is 1. The van der Waals surface area contributed by atoms with Crippen LogP contribution in [0.5, 0.6) is 0 Å². The highest BCUT2D eigenvalue weighted by Gasteiger charge is 2.25. The lowest BCUT2D eigenvalue weighted by molar-refractivity contribution is -0.385. The monoisotopic (exact) mass is 338 g/mol. The number of carbonyl (C=O) groups is 1. The molecule has 3 rings (SSSR count). The van der Waals surface area contributed by atoms with E-state index in [1.54, 1.807) is 20.0 Å². The van der Waals surface area contributed by atoms with Crippen molar-refractivity contribution in [2.24, 2.45) is 0 Å². The normalized spacial score (nSPS) is 12.1. The average molecular weight is 338 g/mol. The van der Waals surface area contributed by atoms with Gasteiger partial charge in [-0.1, -0.05) is 24.3 Å². The molecule has 3 aromatic rings. The molecule has 0 bridgehead atoms. The standard InChI is InChI=1S/C19H18N2O4/c1-12-15(8-6-9-16(12)21(23)24)19(22)20(3)13(2)18-11-14-7-4-5-10-17(14)25-18/h4-11,13H,1-3H3/t13-/m1/s1. The lowest BCUT2D eigenvalue weighted by atomic mass is 10.0. The van der Waals surface area contributed by atoms with Gasteiger partial charge >= 0.3 is 0 Å². The molecule has 6 heteroatoms. The molecule has 0 aliphatic heterocycles. The summed E-state index contributed by atoms with van der Waals surface area (Å²) in [6, 6.07) is 13.8. The van der Waals surface area contributed by atoms with Gasteiger partial charge in [0.25, 0.3) is 11.6 Å². The van der Waals surface area contributed by atoms with Crippen molar-refractivity contribution in [3.8, 4) is 0 Å². The highest BCUT2D eigenvalue weighted by molar-refractivity contribution is 5.96. The number of para-hydroxylation sites is 1. The first-order valence-electron chi connectivity index (χ1n) is 7.89. The minimum Gasteiger partial charge on any atom is -0.459 e. The Kier molecular flexibility index (Phi) is 4.27. The Hall–Kier alpha value is -3.15. The van der Waals surface area contributed by atoms with E-state index in [4.69, 9.17) is 4.42 Å². The predicted octanol–water partition coefficient (Wildman–Crippen LogP) is 4.48. The van der Waals surface area contributed by atoms with Crippen molar-refractivity contribution < 1.29 is 14.1 Å². The van der Waals surface area contributed by atoms with E-state index in [1.165, 1.54) is 17.0 Å². The highest BCUT2D eigenvalue weighted by Crippen LogP contribution is 2.29. The number of hydrogen-bond acceptors (Lipinski definition) is 4. The van der Waals surface area contributed by atoms with E-state index < -0.39 is 4.92 Å². The van der Waals surface area contributed by atoms with Crippen LogP contribution < -0.4 is 0 Å². The van der Waals surface area contributed by atoms with E-state index in [2.05, 4.69) is 0 Å². The van der Waals surface area contributed by atoms with Gasteiger partial charge in [-0.3, -0.25) is 14.9 Å². The van der Waals surface area contributed by atoms with Crippen molar-refractivity contribution in [2.75, 3.05) is 7.05 Å². The zero-order valence-corrected chi connectivity index (χ0v) is 14.2. The van der Waals surface area contributed by atoms with Crippen molar-refractivity contribution in [3.63, 3.8) is 0 Å². The maximum Gasteiger partial charge on any atom is 0.273 e. The fraction of sp³-hybridized carbons (Fsp3) is 0.211. The van der Waals surface area contributed by atoms with Crippen LogP contribution in [0.1, 0.15) is 34.6 Å². The molecule has 1 heterocycles. The molecule has 0 N–H and O–H groups in total. The number of carbonyl (C=O) groups excluding carboxylic acids is 1. The molecule has 0 aliphatic rings. The Labute approximate surface area is 144 Å². The molecular weight excluding hydrogens is 320 g/mol. The number of nitrogens with zero attached hydrogens (tertiary/aromatic N) is 2. The van der Waals surface area contributed by atoms with Gasteiger partial charge in [0, 0.05) is 29.6 Å². The van der Waals surface area contributed by atoms with Gasteiger partial charge < -0.3 is 9.32 Å². The molecule has 0 saturated carbocycles. The molecule has 0 fully saturated rings. The maximum atomic E-state index is 12.8. The maximum absolute atomic E-state index is 12.8. The Morgan fingerprint density at radius 1 is 1.20 bits per heavy atom. The Morgan fingerprint density at radius 2 is 1.92 bits per heavy atom. The van der Waals surface area contributed by atoms with Gasteiger partial charge in [-0.25, -0.2) is 0 Å². The van der Waals surface area contributed by atoms with Gasteiger partial charge in [0.15, 0.2) is 0 Å². The van der Waals surface area contributed by atoms with Gasteiger partial charge in [-0.2, -0.15) is 0 Å². The molecule has 1 atom stereocenters. The minimum absolute atomic E-state index is 0.0596. The summed E-state index contributed by atoms with van der Waals surface area (Å²) in [7, 11) is 1.67. The Morgan fingerprint density at radius 3 is 2.60 bits per heavy atom. The van der Waals surface area contributed by atoms with Crippen molar-refractivity contribution in [3.05, 3.63) is 75.5 Å². The van der Waals surface area contributed by atoms with Gasteiger partial charge in [0.2, 0.25) is 0 Å². The summed E-state index contributed by atoms with van der Waals surface area (Å²) in [6.07, 6.45) is 0. The summed E-state index contributed by atoms with van der Waals surface area (Å²) in [5, 5.41) is 12.1. The lowest BCUT2D eigenvalue weighted by Crippen LogP contribution is -2.30. The molecule has 2 aromatic carbocycles. The lowest BCUT2D eigenvalue weighted by Gasteiger charge is -2.24. The molecular formula is C19H18N2O4. The van der Waals surface area contributed by atoms with Gasteiger partial charge in [-0.15, -0.1) is 0 Å². The quantitative estimate of drug-likeness (QED) is 0.519. The predicted molar refractivity (Wildman–Crippen MR) is 94.6 cm³/mol. The topological polar surface area (TPSA) is 76.6 Å². The highest BCUT2D eigenvalue weighted by atomic mass is 16.6. The third-order valence-electron chi connectivity index (χ3n) is 4.49. The van der Waals surface area contributed by atoms with Crippen LogP contribution in [0.4, 0.5) is 5.69 Å². The molecule has 1 amide bonds. The smallest absolute Gasteiger partial charge is 0.273 e. The first-order valence-corrected chi connectivity index (χ1v) is 7.89. The fourth-order valence-corrected chi connectivity index (χ4v) is 2.82. The first kappa shape index (κ1) is 16.7. The third-order valence-corrected chi connectivity index (χ3v) is 4.49. The molecule has 0 saturated heterocycles. The zero-order chi connectivity index (χ0) is 18.1. The van der Waals surface area contributed by atoms with Crippen LogP contribution in [0.15, 0.2) is 52.9 Å². The zero-order valence-electron chi connectivity index (χ0n) is 14.2. The van der Waals surface area contributed by atoms with Crippen LogP contribution in [0, 0.1) is 17.0 Å². The third kappa shape index (κ3) is 2.98. The number of rotatable bonds is 4. The molecule has 0 aliphatic carbocycles. The largest absolute Gasteiger partial charge is 0.459 e. The second-order valence-electron chi connectivity index (χ2n) is 5.99. The number of nitro groups is 1. The minimum atomic E-state index is -0.477. The van der Waals surface area contributed by atoms with Crippen LogP contribution in [0.25, 0.3) is 11.0 Å². The number of amides is 1. The van der Waals surface area contributed by atoms with E-state index in [0.29, 0.717) is 16.9 Å². The van der Waals surface area contributed by atoms with Crippen LogP contribution in [0.2, 0.25) is 0 Å². The fourth-order valence-electron chi connectivity index (χ4n) is 2.82. The molecule has 1 aromatic heterocycles. The molecule has 6 nitrogen and oxygen atoms in total. The molecule has 0 radical (unpaired) electrons. The van der Waals surface area contributed by atoms with Crippen molar-refractivity contribution in [2.45, 2.75) is 19.9 Å². The van der Waals surface area contributed by atoms with Crippen LogP contribution in [0.3, 0.4) is 0 Å². The average Bonchev–Trinajstić information content (AvgIpc) is 3.04. The molecule has 128 valence electrons. The van der Waals surface area contributed by atoms with E-state index in [-0.39, 0.29) is 17.6 Å². The van der Waals surface area contributed by atoms with Gasteiger partial charge in [-0.05, 0) is 32.0 Å². The van der Waals surface area contributed by atoms with E-state index in [9.17, 15) is 14.9 Å². The van der Waals surface area contributed by atoms with E-state index >= 15 is 0 Å². The molecule has 25 heavy (non-hydrogen) atoms. The van der Waals surface area contributed by atoms with Gasteiger partial charge in [0.1, 0.15) is 11.3 Å². The Bertz CT molecular complexity index is 928. The molecule has 0 unspecified atom stereocenters. The van der Waals surface area contributed by atoms with Crippen LogP contribution in [-0.4, -0.2) is 22.8 Å². The molecule has 0 spiro atoms. The summed E-state index contributed by atoms with van der Waals surface area (Å²) >= 11 is 0. The van der Waals surface area contributed by atoms with E-state index in [1.807, 2.05) is 37.3 Å². The summed E-state index contributed by atoms with van der Waals surface area (Å²) in [4.78, 5) is 25.0. The second-order valence-corrected chi connectivity index (χ2v) is 5.99. The SMILES string of the molecule is Cc1c(C(=O)N(C)[C@H](C)c2cc3ccccc3o2)cccc1[N+](=O)[O-]. The number of fused-ring (bicyclic) bond motifs is 1. The van der Waals surface area contributed by atoms with Gasteiger partial charge in [0.05, 0.1) is 11.0 Å². The summed E-state index contributed by atoms with van der Waals surface area (Å²) in [5.41, 5.74) is 1.38. The first-order chi connectivity index (χ1) is 11.9. The van der Waals surface area contributed by atoms with Crippen LogP contribution in [-0.2, 0) is 0 Å². The van der Waals surface area contributed by atoms with Crippen molar-refractivity contribution >= 4 is 22.6 Å². The Balaban J connectivity index is 1.92. The summed E-state index contributed by atoms with van der Waals surface area (Å²) in [6.45, 7) is 3.45. The van der Waals surface area contributed by atoms with Crippen molar-refractivity contribution in [1.82, 2.24) is 4.90 Å². The van der Waals surface area contributed by atoms with Crippen LogP contribution >= 0.6 is 0 Å².